The molecule has 1 aromatic carbocycles. The monoisotopic (exact) mass is 319 g/mol. The van der Waals surface area contributed by atoms with Gasteiger partial charge in [-0.2, -0.15) is 0 Å². The molecule has 0 aliphatic carbocycles. The number of carbonyl (C=O) groups is 2. The van der Waals surface area contributed by atoms with Crippen LogP contribution in [0.3, 0.4) is 0 Å². The van der Waals surface area contributed by atoms with E-state index in [0.717, 1.165) is 13.0 Å². The minimum Gasteiger partial charge on any atom is -0.295 e. The van der Waals surface area contributed by atoms with Gasteiger partial charge < -0.3 is 0 Å². The Hall–Kier alpha value is -1.49. The van der Waals surface area contributed by atoms with E-state index in [2.05, 4.69) is 11.4 Å². The summed E-state index contributed by atoms with van der Waals surface area (Å²) in [6.45, 7) is 1.43. The van der Waals surface area contributed by atoms with Crippen LogP contribution in [0.2, 0.25) is 5.02 Å². The number of halogens is 1. The zero-order valence-corrected chi connectivity index (χ0v) is 12.9. The molecule has 0 saturated heterocycles. The van der Waals surface area contributed by atoms with Crippen molar-refractivity contribution in [3.63, 3.8) is 0 Å². The smallest absolute Gasteiger partial charge is 0.216 e. The number of fused-ring (bicyclic) bond motifs is 1. The Morgan fingerprint density at radius 1 is 1.33 bits per heavy atom. The number of aldehydes is 1. The molecule has 0 bridgehead atoms. The van der Waals surface area contributed by atoms with Crippen LogP contribution in [0.15, 0.2) is 35.7 Å². The lowest BCUT2D eigenvalue weighted by Gasteiger charge is -2.33. The Morgan fingerprint density at radius 2 is 2.14 bits per heavy atom. The molecule has 21 heavy (non-hydrogen) atoms. The zero-order valence-electron chi connectivity index (χ0n) is 11.3. The number of thiophene rings is 1. The summed E-state index contributed by atoms with van der Waals surface area (Å²) in [6.07, 6.45) is 1.30. The van der Waals surface area contributed by atoms with Crippen LogP contribution in [0.4, 0.5) is 0 Å². The van der Waals surface area contributed by atoms with E-state index in [-0.39, 0.29) is 0 Å². The van der Waals surface area contributed by atoms with Crippen molar-refractivity contribution in [2.45, 2.75) is 19.0 Å². The molecule has 2 aromatic rings. The van der Waals surface area contributed by atoms with Gasteiger partial charge in [-0.1, -0.05) is 29.8 Å². The van der Waals surface area contributed by atoms with E-state index in [1.807, 2.05) is 23.1 Å². The predicted molar refractivity (Wildman–Crippen MR) is 83.7 cm³/mol. The maximum Gasteiger partial charge on any atom is 0.216 e. The summed E-state index contributed by atoms with van der Waals surface area (Å²) in [6, 6.07) is 8.72. The molecular formula is C16H14ClNO2S. The van der Waals surface area contributed by atoms with Crippen molar-refractivity contribution in [2.75, 3.05) is 6.54 Å². The van der Waals surface area contributed by atoms with Gasteiger partial charge in [0.05, 0.1) is 0 Å². The van der Waals surface area contributed by atoms with Crippen LogP contribution in [0.5, 0.6) is 0 Å². The second kappa shape index (κ2) is 6.10. The summed E-state index contributed by atoms with van der Waals surface area (Å²) in [5, 5.41) is 2.59. The van der Waals surface area contributed by atoms with Crippen LogP contribution in [0, 0.1) is 0 Å². The van der Waals surface area contributed by atoms with Gasteiger partial charge >= 0.3 is 0 Å². The number of carbonyl (C=O) groups excluding carboxylic acids is 2. The van der Waals surface area contributed by atoms with Gasteiger partial charge in [-0.05, 0) is 35.1 Å². The molecule has 0 fully saturated rings. The molecule has 1 atom stereocenters. The molecule has 3 rings (SSSR count). The summed E-state index contributed by atoms with van der Waals surface area (Å²) in [5.41, 5.74) is 1.94. The molecular weight excluding hydrogens is 306 g/mol. The van der Waals surface area contributed by atoms with Crippen LogP contribution in [0.25, 0.3) is 0 Å². The number of benzene rings is 1. The average molecular weight is 320 g/mol. The Kier molecular flexibility index (Phi) is 4.19. The molecule has 0 saturated carbocycles. The molecule has 0 radical (unpaired) electrons. The van der Waals surface area contributed by atoms with E-state index in [1.165, 1.54) is 10.4 Å². The lowest BCUT2D eigenvalue weighted by molar-refractivity contribution is -0.134. The van der Waals surface area contributed by atoms with Gasteiger partial charge in [-0.15, -0.1) is 11.3 Å². The number of rotatable bonds is 4. The Labute approximate surface area is 132 Å². The molecule has 108 valence electrons. The first kappa shape index (κ1) is 14.4. The summed E-state index contributed by atoms with van der Waals surface area (Å²) >= 11 is 7.97. The largest absolute Gasteiger partial charge is 0.295 e. The van der Waals surface area contributed by atoms with Crippen molar-refractivity contribution >= 4 is 35.0 Å². The SMILES string of the molecule is O=CC(=O)[C@H](c1ccccc1Cl)N1CCc2sccc2C1. The van der Waals surface area contributed by atoms with Gasteiger partial charge in [0.2, 0.25) is 5.78 Å². The van der Waals surface area contributed by atoms with E-state index in [1.54, 1.807) is 17.4 Å². The van der Waals surface area contributed by atoms with E-state index in [0.29, 0.717) is 23.4 Å². The summed E-state index contributed by atoms with van der Waals surface area (Å²) in [5.74, 6) is -0.443. The summed E-state index contributed by atoms with van der Waals surface area (Å²) < 4.78 is 0. The quantitative estimate of drug-likeness (QED) is 0.641. The fourth-order valence-corrected chi connectivity index (χ4v) is 3.91. The standard InChI is InChI=1S/C16H14ClNO2S/c17-13-4-2-1-3-12(13)16(14(20)10-19)18-7-5-15-11(9-18)6-8-21-15/h1-4,6,8,10,16H,5,7,9H2/t16-/m0/s1. The molecule has 0 unspecified atom stereocenters. The molecule has 1 aromatic heterocycles. The Morgan fingerprint density at radius 3 is 2.90 bits per heavy atom. The van der Waals surface area contributed by atoms with Crippen LogP contribution in [-0.4, -0.2) is 23.5 Å². The lowest BCUT2D eigenvalue weighted by Crippen LogP contribution is -2.38. The molecule has 2 heterocycles. The number of hydrogen-bond donors (Lipinski definition) is 0. The molecule has 5 heteroatoms. The molecule has 1 aliphatic heterocycles. The highest BCUT2D eigenvalue weighted by Crippen LogP contribution is 2.33. The van der Waals surface area contributed by atoms with Gasteiger partial charge in [0.25, 0.3) is 0 Å². The molecule has 3 nitrogen and oxygen atoms in total. The fraction of sp³-hybridized carbons (Fsp3) is 0.250. The fourth-order valence-electron chi connectivity index (χ4n) is 2.78. The van der Waals surface area contributed by atoms with Crippen molar-refractivity contribution in [3.8, 4) is 0 Å². The molecule has 0 spiro atoms. The number of nitrogens with zero attached hydrogens (tertiary/aromatic N) is 1. The summed E-state index contributed by atoms with van der Waals surface area (Å²) in [4.78, 5) is 26.6. The number of Topliss-reactive ketones (excluding diaryl/α,β-unsaturated/α-hetero) is 1. The third kappa shape index (κ3) is 2.79. The van der Waals surface area contributed by atoms with Gasteiger partial charge in [0.1, 0.15) is 6.04 Å². The first-order valence-corrected chi connectivity index (χ1v) is 7.99. The maximum absolute atomic E-state index is 12.1. The average Bonchev–Trinajstić information content (AvgIpc) is 2.97. The highest BCUT2D eigenvalue weighted by molar-refractivity contribution is 7.10. The molecule has 0 N–H and O–H groups in total. The highest BCUT2D eigenvalue weighted by Gasteiger charge is 2.31. The van der Waals surface area contributed by atoms with E-state index >= 15 is 0 Å². The lowest BCUT2D eigenvalue weighted by atomic mass is 9.98. The molecule has 0 amide bonds. The maximum atomic E-state index is 12.1. The number of hydrogen-bond acceptors (Lipinski definition) is 4. The third-order valence-electron chi connectivity index (χ3n) is 3.79. The third-order valence-corrected chi connectivity index (χ3v) is 5.16. The Balaban J connectivity index is 1.96. The Bertz CT molecular complexity index is 682. The van der Waals surface area contributed by atoms with E-state index in [4.69, 9.17) is 11.6 Å². The summed E-state index contributed by atoms with van der Waals surface area (Å²) in [7, 11) is 0. The second-order valence-corrected chi connectivity index (χ2v) is 6.44. The predicted octanol–water partition coefficient (Wildman–Crippen LogP) is 3.27. The van der Waals surface area contributed by atoms with E-state index in [9.17, 15) is 9.59 Å². The first-order valence-electron chi connectivity index (χ1n) is 6.73. The van der Waals surface area contributed by atoms with Crippen LogP contribution < -0.4 is 0 Å². The van der Waals surface area contributed by atoms with E-state index < -0.39 is 11.8 Å². The van der Waals surface area contributed by atoms with Crippen molar-refractivity contribution < 1.29 is 9.59 Å². The van der Waals surface area contributed by atoms with Crippen LogP contribution in [0.1, 0.15) is 22.0 Å². The van der Waals surface area contributed by atoms with Crippen molar-refractivity contribution in [2.24, 2.45) is 0 Å². The van der Waals surface area contributed by atoms with Gasteiger partial charge in [-0.25, -0.2) is 0 Å². The van der Waals surface area contributed by atoms with Gasteiger partial charge in [0, 0.05) is 23.0 Å². The second-order valence-electron chi connectivity index (χ2n) is 5.03. The van der Waals surface area contributed by atoms with Crippen molar-refractivity contribution in [1.82, 2.24) is 4.90 Å². The highest BCUT2D eigenvalue weighted by atomic mass is 35.5. The van der Waals surface area contributed by atoms with Crippen molar-refractivity contribution in [1.29, 1.82) is 0 Å². The molecule has 1 aliphatic rings. The van der Waals surface area contributed by atoms with Gasteiger partial charge in [0.15, 0.2) is 6.29 Å². The normalized spacial score (nSPS) is 16.2. The topological polar surface area (TPSA) is 37.4 Å². The first-order chi connectivity index (χ1) is 10.2. The van der Waals surface area contributed by atoms with Crippen LogP contribution >= 0.6 is 22.9 Å². The van der Waals surface area contributed by atoms with Crippen molar-refractivity contribution in [3.05, 3.63) is 56.7 Å². The minimum atomic E-state index is -0.593. The number of ketones is 1. The minimum absolute atomic E-state index is 0.400. The zero-order chi connectivity index (χ0) is 14.8. The van der Waals surface area contributed by atoms with Crippen LogP contribution in [-0.2, 0) is 22.6 Å². The van der Waals surface area contributed by atoms with Gasteiger partial charge in [-0.3, -0.25) is 14.5 Å².